The summed E-state index contributed by atoms with van der Waals surface area (Å²) in [7, 11) is 7.29. The normalized spacial score (nSPS) is 13.2. The first-order valence-corrected chi connectivity index (χ1v) is 6.50. The first-order valence-electron chi connectivity index (χ1n) is 6.50. The van der Waals surface area contributed by atoms with Gasteiger partial charge in [-0.15, -0.1) is 0 Å². The summed E-state index contributed by atoms with van der Waals surface area (Å²) >= 11 is 0. The summed E-state index contributed by atoms with van der Waals surface area (Å²) in [5.41, 5.74) is 2.21. The van der Waals surface area contributed by atoms with E-state index in [1.807, 2.05) is 26.2 Å². The highest BCUT2D eigenvalue weighted by Crippen LogP contribution is 2.37. The van der Waals surface area contributed by atoms with Gasteiger partial charge >= 0.3 is 0 Å². The second kappa shape index (κ2) is 6.26. The number of likely N-dealkylation sites (N-methyl/N-ethyl adjacent to an activating group) is 2. The zero-order chi connectivity index (χ0) is 14.6. The van der Waals surface area contributed by atoms with E-state index >= 15 is 0 Å². The molecule has 0 aliphatic rings. The molecule has 1 atom stereocenters. The molecule has 0 saturated heterocycles. The fourth-order valence-electron chi connectivity index (χ4n) is 2.40. The molecule has 0 amide bonds. The summed E-state index contributed by atoms with van der Waals surface area (Å²) in [4.78, 5) is 0. The number of rotatable bonds is 6. The molecule has 1 rings (SSSR count). The van der Waals surface area contributed by atoms with Crippen LogP contribution in [0, 0.1) is 6.92 Å². The minimum Gasteiger partial charge on any atom is -0.497 e. The molecule has 2 N–H and O–H groups in total. The Morgan fingerprint density at radius 3 is 2.16 bits per heavy atom. The lowest BCUT2D eigenvalue weighted by Gasteiger charge is -2.36. The van der Waals surface area contributed by atoms with E-state index in [-0.39, 0.29) is 11.6 Å². The predicted molar refractivity (Wildman–Crippen MR) is 79.2 cm³/mol. The van der Waals surface area contributed by atoms with Crippen LogP contribution >= 0.6 is 0 Å². The van der Waals surface area contributed by atoms with E-state index in [1.165, 1.54) is 0 Å². The standard InChI is InChI=1S/C15H26N2O2/c1-10-8-11(18-6)9-12(19-7)13(10)14(16-4)15(2,3)17-5/h8-9,14,16-17H,1-7H3. The highest BCUT2D eigenvalue weighted by atomic mass is 16.5. The number of methoxy groups -OCH3 is 2. The van der Waals surface area contributed by atoms with Crippen molar-refractivity contribution < 1.29 is 9.47 Å². The molecule has 19 heavy (non-hydrogen) atoms. The summed E-state index contributed by atoms with van der Waals surface area (Å²) in [5.74, 6) is 1.66. The van der Waals surface area contributed by atoms with Crippen LogP contribution in [-0.2, 0) is 0 Å². The largest absolute Gasteiger partial charge is 0.497 e. The van der Waals surface area contributed by atoms with Crippen molar-refractivity contribution in [1.82, 2.24) is 10.6 Å². The van der Waals surface area contributed by atoms with Gasteiger partial charge in [0, 0.05) is 17.2 Å². The molecular formula is C15H26N2O2. The van der Waals surface area contributed by atoms with Crippen LogP contribution in [-0.4, -0.2) is 33.9 Å². The van der Waals surface area contributed by atoms with Crippen molar-refractivity contribution in [3.63, 3.8) is 0 Å². The molecule has 0 aliphatic carbocycles. The first kappa shape index (κ1) is 15.8. The molecule has 0 radical (unpaired) electrons. The van der Waals surface area contributed by atoms with Crippen LogP contribution < -0.4 is 20.1 Å². The summed E-state index contributed by atoms with van der Waals surface area (Å²) in [6.45, 7) is 6.41. The minimum absolute atomic E-state index is 0.0959. The van der Waals surface area contributed by atoms with Gasteiger partial charge in [0.15, 0.2) is 0 Å². The topological polar surface area (TPSA) is 42.5 Å². The van der Waals surface area contributed by atoms with E-state index < -0.39 is 0 Å². The summed E-state index contributed by atoms with van der Waals surface area (Å²) < 4.78 is 10.8. The van der Waals surface area contributed by atoms with Gasteiger partial charge in [0.1, 0.15) is 11.5 Å². The summed E-state index contributed by atoms with van der Waals surface area (Å²) in [5, 5.41) is 6.73. The molecule has 0 aromatic heterocycles. The maximum absolute atomic E-state index is 5.54. The molecule has 1 unspecified atom stereocenters. The lowest BCUT2D eigenvalue weighted by atomic mass is 9.86. The van der Waals surface area contributed by atoms with Crippen LogP contribution in [0.3, 0.4) is 0 Å². The van der Waals surface area contributed by atoms with Crippen LogP contribution in [0.1, 0.15) is 31.0 Å². The summed E-state index contributed by atoms with van der Waals surface area (Å²) in [6.07, 6.45) is 0. The van der Waals surface area contributed by atoms with Crippen LogP contribution in [0.5, 0.6) is 11.5 Å². The third kappa shape index (κ3) is 3.19. The number of hydrogen-bond acceptors (Lipinski definition) is 4. The van der Waals surface area contributed by atoms with Gasteiger partial charge in [0.25, 0.3) is 0 Å². The van der Waals surface area contributed by atoms with E-state index in [4.69, 9.17) is 9.47 Å². The number of aryl methyl sites for hydroxylation is 1. The molecule has 0 spiro atoms. The van der Waals surface area contributed by atoms with Crippen LogP contribution in [0.4, 0.5) is 0 Å². The molecule has 1 aromatic carbocycles. The van der Waals surface area contributed by atoms with E-state index in [0.717, 1.165) is 22.6 Å². The van der Waals surface area contributed by atoms with Crippen molar-refractivity contribution in [3.05, 3.63) is 23.3 Å². The SMILES string of the molecule is CNC(c1c(C)cc(OC)cc1OC)C(C)(C)NC. The lowest BCUT2D eigenvalue weighted by Crippen LogP contribution is -2.47. The van der Waals surface area contributed by atoms with E-state index in [0.29, 0.717) is 0 Å². The first-order chi connectivity index (χ1) is 8.91. The van der Waals surface area contributed by atoms with E-state index in [1.54, 1.807) is 14.2 Å². The zero-order valence-corrected chi connectivity index (χ0v) is 13.0. The smallest absolute Gasteiger partial charge is 0.127 e. The molecule has 0 bridgehead atoms. The number of benzene rings is 1. The predicted octanol–water partition coefficient (Wildman–Crippen LogP) is 2.27. The van der Waals surface area contributed by atoms with Crippen molar-refractivity contribution >= 4 is 0 Å². The number of ether oxygens (including phenoxy) is 2. The molecule has 0 saturated carbocycles. The molecular weight excluding hydrogens is 240 g/mol. The highest BCUT2D eigenvalue weighted by molar-refractivity contribution is 5.49. The van der Waals surface area contributed by atoms with Crippen molar-refractivity contribution in [2.45, 2.75) is 32.4 Å². The molecule has 108 valence electrons. The average Bonchev–Trinajstić information content (AvgIpc) is 2.40. The molecule has 4 heteroatoms. The van der Waals surface area contributed by atoms with E-state index in [9.17, 15) is 0 Å². The molecule has 0 fully saturated rings. The highest BCUT2D eigenvalue weighted by Gasteiger charge is 2.31. The van der Waals surface area contributed by atoms with Gasteiger partial charge in [-0.05, 0) is 46.5 Å². The van der Waals surface area contributed by atoms with Crippen molar-refractivity contribution in [1.29, 1.82) is 0 Å². The van der Waals surface area contributed by atoms with Gasteiger partial charge in [0.2, 0.25) is 0 Å². The Morgan fingerprint density at radius 1 is 1.11 bits per heavy atom. The molecule has 0 aliphatic heterocycles. The fraction of sp³-hybridized carbons (Fsp3) is 0.600. The Balaban J connectivity index is 3.39. The van der Waals surface area contributed by atoms with Crippen molar-refractivity contribution in [2.75, 3.05) is 28.3 Å². The van der Waals surface area contributed by atoms with Gasteiger partial charge in [-0.3, -0.25) is 0 Å². The monoisotopic (exact) mass is 266 g/mol. The maximum atomic E-state index is 5.54. The second-order valence-corrected chi connectivity index (χ2v) is 5.25. The van der Waals surface area contributed by atoms with Crippen LogP contribution in [0.15, 0.2) is 12.1 Å². The minimum atomic E-state index is -0.0959. The Bertz CT molecular complexity index is 430. The van der Waals surface area contributed by atoms with Crippen molar-refractivity contribution in [3.8, 4) is 11.5 Å². The van der Waals surface area contributed by atoms with Gasteiger partial charge in [-0.1, -0.05) is 0 Å². The van der Waals surface area contributed by atoms with Gasteiger partial charge in [-0.25, -0.2) is 0 Å². The lowest BCUT2D eigenvalue weighted by molar-refractivity contribution is 0.298. The quantitative estimate of drug-likeness (QED) is 0.829. The van der Waals surface area contributed by atoms with Gasteiger partial charge in [0.05, 0.1) is 20.3 Å². The summed E-state index contributed by atoms with van der Waals surface area (Å²) in [6, 6.07) is 4.10. The second-order valence-electron chi connectivity index (χ2n) is 5.25. The van der Waals surface area contributed by atoms with Gasteiger partial charge < -0.3 is 20.1 Å². The Hall–Kier alpha value is -1.26. The molecule has 1 aromatic rings. The third-order valence-corrected chi connectivity index (χ3v) is 3.72. The van der Waals surface area contributed by atoms with Crippen LogP contribution in [0.25, 0.3) is 0 Å². The van der Waals surface area contributed by atoms with E-state index in [2.05, 4.69) is 31.4 Å². The third-order valence-electron chi connectivity index (χ3n) is 3.72. The Morgan fingerprint density at radius 2 is 1.74 bits per heavy atom. The Labute approximate surface area is 116 Å². The Kier molecular flexibility index (Phi) is 5.20. The fourth-order valence-corrected chi connectivity index (χ4v) is 2.40. The number of nitrogens with one attached hydrogen (secondary N) is 2. The van der Waals surface area contributed by atoms with Crippen LogP contribution in [0.2, 0.25) is 0 Å². The maximum Gasteiger partial charge on any atom is 0.127 e. The zero-order valence-electron chi connectivity index (χ0n) is 13.0. The van der Waals surface area contributed by atoms with Crippen molar-refractivity contribution in [2.24, 2.45) is 0 Å². The molecule has 4 nitrogen and oxygen atoms in total. The molecule has 0 heterocycles. The number of hydrogen-bond donors (Lipinski definition) is 2. The average molecular weight is 266 g/mol. The van der Waals surface area contributed by atoms with Gasteiger partial charge in [-0.2, -0.15) is 0 Å².